The molecule has 1 aromatic carbocycles. The van der Waals surface area contributed by atoms with Crippen molar-refractivity contribution in [1.82, 2.24) is 25.1 Å². The third-order valence-corrected chi connectivity index (χ3v) is 8.14. The number of H-pyrrole nitrogens is 1. The van der Waals surface area contributed by atoms with E-state index in [2.05, 4.69) is 40.0 Å². The molecule has 2 aliphatic rings. The zero-order valence-electron chi connectivity index (χ0n) is 26.6. The largest absolute Gasteiger partial charge is 0.370 e. The number of aromatic nitrogens is 2. The molecule has 0 saturated carbocycles. The van der Waals surface area contributed by atoms with Crippen LogP contribution in [0.25, 0.3) is 10.9 Å². The number of nitrogens with one attached hydrogen (secondary N) is 2. The fourth-order valence-corrected chi connectivity index (χ4v) is 5.80. The predicted octanol–water partition coefficient (Wildman–Crippen LogP) is 5.10. The SMILES string of the molecule is C#CCC(C)CN(C(=O)c1ccc(N2CCCCC2)cn1)C1(C)CN(C(=O)CNC(=O)c2cc3ccccc3[nH]2)C1.CCC. The van der Waals surface area contributed by atoms with Crippen LogP contribution >= 0.6 is 0 Å². The number of benzene rings is 1. The van der Waals surface area contributed by atoms with Crippen LogP contribution in [0, 0.1) is 18.3 Å². The molecule has 3 aromatic rings. The lowest BCUT2D eigenvalue weighted by Gasteiger charge is -2.54. The number of amides is 3. The van der Waals surface area contributed by atoms with Crippen molar-refractivity contribution in [3.05, 3.63) is 60.0 Å². The van der Waals surface area contributed by atoms with E-state index < -0.39 is 5.54 Å². The molecule has 2 fully saturated rings. The zero-order valence-corrected chi connectivity index (χ0v) is 26.6. The summed E-state index contributed by atoms with van der Waals surface area (Å²) in [6.45, 7) is 11.4. The molecule has 3 amide bonds. The van der Waals surface area contributed by atoms with E-state index in [0.29, 0.717) is 37.4 Å². The Balaban J connectivity index is 0.00000141. The van der Waals surface area contributed by atoms with E-state index >= 15 is 0 Å². The molecular weight excluding hydrogens is 552 g/mol. The van der Waals surface area contributed by atoms with Gasteiger partial charge >= 0.3 is 0 Å². The van der Waals surface area contributed by atoms with E-state index in [9.17, 15) is 14.4 Å². The third kappa shape index (κ3) is 7.79. The Morgan fingerprint density at radius 2 is 1.82 bits per heavy atom. The zero-order chi connectivity index (χ0) is 31.7. The lowest BCUT2D eigenvalue weighted by molar-refractivity contribution is -0.142. The number of aromatic amines is 1. The van der Waals surface area contributed by atoms with Crippen molar-refractivity contribution in [2.24, 2.45) is 5.92 Å². The highest BCUT2D eigenvalue weighted by Crippen LogP contribution is 2.31. The number of piperidine rings is 1. The molecule has 9 nitrogen and oxygen atoms in total. The summed E-state index contributed by atoms with van der Waals surface area (Å²) in [5.41, 5.74) is 2.13. The number of hydrogen-bond donors (Lipinski definition) is 2. The molecule has 2 N–H and O–H groups in total. The van der Waals surface area contributed by atoms with Gasteiger partial charge in [-0.2, -0.15) is 0 Å². The van der Waals surface area contributed by atoms with Gasteiger partial charge in [-0.3, -0.25) is 14.4 Å². The molecule has 0 radical (unpaired) electrons. The summed E-state index contributed by atoms with van der Waals surface area (Å²) in [7, 11) is 0. The smallest absolute Gasteiger partial charge is 0.273 e. The van der Waals surface area contributed by atoms with Crippen LogP contribution in [0.15, 0.2) is 48.7 Å². The summed E-state index contributed by atoms with van der Waals surface area (Å²) >= 11 is 0. The second kappa shape index (κ2) is 14.9. The minimum absolute atomic E-state index is 0.0914. The Morgan fingerprint density at radius 3 is 2.45 bits per heavy atom. The van der Waals surface area contributed by atoms with Crippen LogP contribution in [0.3, 0.4) is 0 Å². The van der Waals surface area contributed by atoms with Gasteiger partial charge in [0.15, 0.2) is 0 Å². The first-order valence-electron chi connectivity index (χ1n) is 15.8. The Kier molecular flexibility index (Phi) is 11.0. The Morgan fingerprint density at radius 1 is 1.11 bits per heavy atom. The van der Waals surface area contributed by atoms with Crippen LogP contribution in [-0.2, 0) is 4.79 Å². The molecule has 0 spiro atoms. The van der Waals surface area contributed by atoms with E-state index in [1.807, 2.05) is 49.1 Å². The molecule has 5 rings (SSSR count). The number of likely N-dealkylation sites (tertiary alicyclic amines) is 1. The van der Waals surface area contributed by atoms with Crippen LogP contribution in [0.4, 0.5) is 5.69 Å². The standard InChI is InChI=1S/C32H38N6O3.C3H8/c1-4-10-23(2)20-38(31(41)27-14-13-25(18-33-27)36-15-8-5-9-16-36)32(3)21-37(22-32)29(39)19-34-30(40)28-17-24-11-6-7-12-26(24)35-28;1-3-2/h1,6-7,11-14,17-18,23,35H,5,8-10,15-16,19-22H2,2-3H3,(H,34,40);3H2,1-2H3. The van der Waals surface area contributed by atoms with Crippen molar-refractivity contribution in [3.63, 3.8) is 0 Å². The minimum Gasteiger partial charge on any atom is -0.370 e. The van der Waals surface area contributed by atoms with Gasteiger partial charge in [0.25, 0.3) is 11.8 Å². The van der Waals surface area contributed by atoms with Crippen LogP contribution in [0.1, 0.15) is 80.8 Å². The minimum atomic E-state index is -0.565. The number of rotatable bonds is 9. The van der Waals surface area contributed by atoms with Gasteiger partial charge in [-0.15, -0.1) is 12.3 Å². The highest BCUT2D eigenvalue weighted by molar-refractivity contribution is 5.99. The molecular formula is C35H46N6O3. The van der Waals surface area contributed by atoms with Gasteiger partial charge in [0.05, 0.1) is 24.0 Å². The number of terminal acetylenes is 1. The number of carbonyl (C=O) groups excluding carboxylic acids is 3. The number of hydrogen-bond acceptors (Lipinski definition) is 5. The van der Waals surface area contributed by atoms with Crippen LogP contribution in [0.5, 0.6) is 0 Å². The first-order chi connectivity index (χ1) is 21.2. The van der Waals surface area contributed by atoms with Gasteiger partial charge in [0.1, 0.15) is 11.4 Å². The van der Waals surface area contributed by atoms with E-state index in [4.69, 9.17) is 6.42 Å². The van der Waals surface area contributed by atoms with Gasteiger partial charge in [-0.25, -0.2) is 4.98 Å². The number of pyridine rings is 1. The molecule has 2 aliphatic heterocycles. The highest BCUT2D eigenvalue weighted by atomic mass is 16.2. The van der Waals surface area contributed by atoms with Gasteiger partial charge in [-0.05, 0) is 56.4 Å². The topological polar surface area (TPSA) is 102 Å². The fraction of sp³-hybridized carbons (Fsp3) is 0.486. The number of carbonyl (C=O) groups is 3. The number of nitrogens with zero attached hydrogens (tertiary/aromatic N) is 4. The lowest BCUT2D eigenvalue weighted by Crippen LogP contribution is -2.72. The Hall–Kier alpha value is -4.32. The van der Waals surface area contributed by atoms with Gasteiger partial charge in [0.2, 0.25) is 5.91 Å². The van der Waals surface area contributed by atoms with E-state index in [-0.39, 0.29) is 30.2 Å². The molecule has 9 heteroatoms. The number of para-hydroxylation sites is 1. The lowest BCUT2D eigenvalue weighted by atomic mass is 9.88. The van der Waals surface area contributed by atoms with Crippen molar-refractivity contribution in [1.29, 1.82) is 0 Å². The van der Waals surface area contributed by atoms with Crippen molar-refractivity contribution in [3.8, 4) is 12.3 Å². The molecule has 234 valence electrons. The first-order valence-corrected chi connectivity index (χ1v) is 15.8. The highest BCUT2D eigenvalue weighted by Gasteiger charge is 2.48. The fourth-order valence-electron chi connectivity index (χ4n) is 5.80. The van der Waals surface area contributed by atoms with Crippen molar-refractivity contribution in [2.75, 3.05) is 44.2 Å². The second-order valence-corrected chi connectivity index (χ2v) is 12.3. The quantitative estimate of drug-likeness (QED) is 0.334. The molecule has 1 atom stereocenters. The summed E-state index contributed by atoms with van der Waals surface area (Å²) in [5, 5.41) is 3.65. The van der Waals surface area contributed by atoms with Gasteiger partial charge < -0.3 is 25.0 Å². The second-order valence-electron chi connectivity index (χ2n) is 12.3. The molecule has 4 heterocycles. The molecule has 44 heavy (non-hydrogen) atoms. The Labute approximate surface area is 261 Å². The number of fused-ring (bicyclic) bond motifs is 1. The summed E-state index contributed by atoms with van der Waals surface area (Å²) < 4.78 is 0. The summed E-state index contributed by atoms with van der Waals surface area (Å²) in [4.78, 5) is 52.8. The molecule has 0 bridgehead atoms. The Bertz CT molecular complexity index is 1430. The average Bonchev–Trinajstić information content (AvgIpc) is 3.46. The summed E-state index contributed by atoms with van der Waals surface area (Å²) in [6.07, 6.45) is 12.7. The molecule has 0 aliphatic carbocycles. The van der Waals surface area contributed by atoms with Gasteiger partial charge in [0, 0.05) is 50.0 Å². The third-order valence-electron chi connectivity index (χ3n) is 8.14. The molecule has 2 saturated heterocycles. The molecule has 1 unspecified atom stereocenters. The maximum atomic E-state index is 13.8. The van der Waals surface area contributed by atoms with Crippen molar-refractivity contribution < 1.29 is 14.4 Å². The van der Waals surface area contributed by atoms with Crippen molar-refractivity contribution in [2.45, 2.75) is 65.3 Å². The van der Waals surface area contributed by atoms with E-state index in [1.54, 1.807) is 23.2 Å². The number of anilines is 1. The van der Waals surface area contributed by atoms with E-state index in [1.165, 1.54) is 25.7 Å². The average molecular weight is 599 g/mol. The van der Waals surface area contributed by atoms with Crippen LogP contribution in [0.2, 0.25) is 0 Å². The van der Waals surface area contributed by atoms with Gasteiger partial charge in [-0.1, -0.05) is 45.4 Å². The van der Waals surface area contributed by atoms with Crippen LogP contribution in [-0.4, -0.2) is 82.3 Å². The van der Waals surface area contributed by atoms with Crippen LogP contribution < -0.4 is 10.2 Å². The van der Waals surface area contributed by atoms with Crippen molar-refractivity contribution >= 4 is 34.3 Å². The molecule has 2 aromatic heterocycles. The maximum absolute atomic E-state index is 13.8. The van der Waals surface area contributed by atoms with E-state index in [0.717, 1.165) is 29.7 Å². The summed E-state index contributed by atoms with van der Waals surface area (Å²) in [6, 6.07) is 13.2. The predicted molar refractivity (Wildman–Crippen MR) is 176 cm³/mol. The maximum Gasteiger partial charge on any atom is 0.273 e. The monoisotopic (exact) mass is 598 g/mol. The first kappa shape index (κ1) is 32.6. The normalized spacial score (nSPS) is 16.2. The summed E-state index contributed by atoms with van der Waals surface area (Å²) in [5.74, 6) is 2.09.